The number of aromatic nitrogens is 1. The van der Waals surface area contributed by atoms with Gasteiger partial charge < -0.3 is 25.0 Å². The number of allylic oxidation sites excluding steroid dienone is 4. The number of aliphatic hydroxyl groups is 1. The number of unbranched alkanes of at least 4 members (excludes halogenated alkanes) is 4. The van der Waals surface area contributed by atoms with Crippen molar-refractivity contribution in [3.8, 4) is 0 Å². The van der Waals surface area contributed by atoms with E-state index in [1.807, 2.05) is 19.2 Å². The summed E-state index contributed by atoms with van der Waals surface area (Å²) < 4.78 is 7.68. The Morgan fingerprint density at radius 1 is 1.08 bits per heavy atom. The van der Waals surface area contributed by atoms with E-state index in [2.05, 4.69) is 67.8 Å². The van der Waals surface area contributed by atoms with Gasteiger partial charge in [0.2, 0.25) is 0 Å². The van der Waals surface area contributed by atoms with Gasteiger partial charge in [-0.25, -0.2) is 0 Å². The summed E-state index contributed by atoms with van der Waals surface area (Å²) in [5, 5.41) is 16.0. The third-order valence-corrected chi connectivity index (χ3v) is 6.85. The zero-order chi connectivity index (χ0) is 29.2. The smallest absolute Gasteiger partial charge is 0.309 e. The van der Waals surface area contributed by atoms with Crippen molar-refractivity contribution in [3.63, 3.8) is 0 Å². The molecule has 0 radical (unpaired) electrons. The molecule has 2 amide bonds. The van der Waals surface area contributed by atoms with Crippen molar-refractivity contribution in [2.24, 2.45) is 11.8 Å². The van der Waals surface area contributed by atoms with Gasteiger partial charge in [0.05, 0.1) is 0 Å². The molecule has 0 saturated heterocycles. The Kier molecular flexibility index (Phi) is 17.1. The number of carbonyl (C=O) groups is 2. The second kappa shape index (κ2) is 19.4. The molecule has 2 unspecified atom stereocenters. The van der Waals surface area contributed by atoms with Gasteiger partial charge in [-0.1, -0.05) is 63.8 Å². The fourth-order valence-electron chi connectivity index (χ4n) is 4.51. The molecule has 0 fully saturated rings. The number of aliphatic hydroxyl groups excluding tert-OH is 1. The number of aryl methyl sites for hydroxylation is 1. The number of likely N-dealkylation sites (N-methyl/N-ethyl adjacent to an activating group) is 1. The normalized spacial score (nSPS) is 13.8. The molecular formula is C32H53N3O4. The molecule has 0 spiro atoms. The lowest BCUT2D eigenvalue weighted by atomic mass is 9.88. The summed E-state index contributed by atoms with van der Waals surface area (Å²) in [5.74, 6) is -0.775. The minimum absolute atomic E-state index is 0.182. The van der Waals surface area contributed by atoms with Crippen LogP contribution in [0.25, 0.3) is 5.57 Å². The minimum atomic E-state index is -1.05. The van der Waals surface area contributed by atoms with Crippen LogP contribution in [0.3, 0.4) is 0 Å². The van der Waals surface area contributed by atoms with Crippen LogP contribution >= 0.6 is 0 Å². The van der Waals surface area contributed by atoms with Crippen molar-refractivity contribution in [1.29, 1.82) is 0 Å². The number of hydrogen-bond donors (Lipinski definition) is 3. The van der Waals surface area contributed by atoms with E-state index in [0.717, 1.165) is 36.9 Å². The fourth-order valence-corrected chi connectivity index (χ4v) is 4.51. The lowest BCUT2D eigenvalue weighted by Gasteiger charge is -2.19. The van der Waals surface area contributed by atoms with Gasteiger partial charge in [0.1, 0.15) is 0 Å². The van der Waals surface area contributed by atoms with Crippen LogP contribution in [-0.4, -0.2) is 41.7 Å². The van der Waals surface area contributed by atoms with Gasteiger partial charge in [-0.3, -0.25) is 9.59 Å². The molecule has 1 rings (SSSR count). The predicted octanol–water partition coefficient (Wildman–Crippen LogP) is 6.31. The van der Waals surface area contributed by atoms with Crippen molar-refractivity contribution in [2.45, 2.75) is 98.8 Å². The molecule has 3 N–H and O–H groups in total. The maximum absolute atomic E-state index is 12.1. The quantitative estimate of drug-likeness (QED) is 0.0825. The van der Waals surface area contributed by atoms with Crippen LogP contribution in [0.15, 0.2) is 42.8 Å². The number of rotatable bonds is 19. The number of hydrogen-bond acceptors (Lipinski definition) is 4. The number of ether oxygens (including phenoxy) is 1. The highest BCUT2D eigenvalue weighted by molar-refractivity contribution is 6.35. The maximum atomic E-state index is 12.1. The van der Waals surface area contributed by atoms with Gasteiger partial charge in [-0.15, -0.1) is 6.58 Å². The number of nitrogens with one attached hydrogen (secondary N) is 2. The van der Waals surface area contributed by atoms with E-state index in [0.29, 0.717) is 31.1 Å². The molecule has 1 aromatic rings. The van der Waals surface area contributed by atoms with Crippen molar-refractivity contribution in [3.05, 3.63) is 53.9 Å². The van der Waals surface area contributed by atoms with E-state index < -0.39 is 18.1 Å². The standard InChI is InChI=1S/C32H53N3O4/c1-8-11-13-14-16-25(6)20-27(24(4)5)21-26(17-18-34-31(37)30(36)33-7)28-22-35(19-15-12-9-2)23-29(28)32(38)39-10-3/h9,20-24,27,32,38H,2,8,10-19H2,1,3-7H3,(H,33,36)(H,34,37)/b25-20+,26-21-. The summed E-state index contributed by atoms with van der Waals surface area (Å²) >= 11 is 0. The molecule has 0 bridgehead atoms. The first-order valence-electron chi connectivity index (χ1n) is 14.7. The highest BCUT2D eigenvalue weighted by atomic mass is 16.6. The molecule has 7 heteroatoms. The van der Waals surface area contributed by atoms with Crippen molar-refractivity contribution in [2.75, 3.05) is 20.2 Å². The molecule has 1 aromatic heterocycles. The van der Waals surface area contributed by atoms with Crippen LogP contribution in [-0.2, 0) is 20.9 Å². The van der Waals surface area contributed by atoms with E-state index in [-0.39, 0.29) is 5.92 Å². The summed E-state index contributed by atoms with van der Waals surface area (Å²) in [6, 6.07) is 0. The predicted molar refractivity (Wildman–Crippen MR) is 161 cm³/mol. The van der Waals surface area contributed by atoms with Crippen LogP contribution in [0.1, 0.15) is 103 Å². The molecular weight excluding hydrogens is 490 g/mol. The van der Waals surface area contributed by atoms with Crippen molar-refractivity contribution < 1.29 is 19.4 Å². The van der Waals surface area contributed by atoms with Crippen LogP contribution in [0.2, 0.25) is 0 Å². The molecule has 39 heavy (non-hydrogen) atoms. The lowest BCUT2D eigenvalue weighted by Crippen LogP contribution is -2.38. The first-order chi connectivity index (χ1) is 18.7. The molecule has 0 saturated carbocycles. The molecule has 7 nitrogen and oxygen atoms in total. The van der Waals surface area contributed by atoms with Gasteiger partial charge in [-0.05, 0) is 63.4 Å². The summed E-state index contributed by atoms with van der Waals surface area (Å²) in [5.41, 5.74) is 4.01. The highest BCUT2D eigenvalue weighted by Crippen LogP contribution is 2.32. The monoisotopic (exact) mass is 543 g/mol. The molecule has 220 valence electrons. The van der Waals surface area contributed by atoms with Crippen LogP contribution < -0.4 is 10.6 Å². The van der Waals surface area contributed by atoms with Crippen LogP contribution in [0.5, 0.6) is 0 Å². The Morgan fingerprint density at radius 2 is 1.82 bits per heavy atom. The topological polar surface area (TPSA) is 92.6 Å². The van der Waals surface area contributed by atoms with E-state index in [4.69, 9.17) is 4.74 Å². The van der Waals surface area contributed by atoms with Crippen molar-refractivity contribution in [1.82, 2.24) is 15.2 Å². The second-order valence-electron chi connectivity index (χ2n) is 10.5. The Balaban J connectivity index is 3.43. The Labute approximate surface area is 236 Å². The number of nitrogens with zero attached hydrogens (tertiary/aromatic N) is 1. The fraction of sp³-hybridized carbons (Fsp3) is 0.625. The van der Waals surface area contributed by atoms with Gasteiger partial charge in [-0.2, -0.15) is 0 Å². The molecule has 2 atom stereocenters. The zero-order valence-corrected chi connectivity index (χ0v) is 25.2. The second-order valence-corrected chi connectivity index (χ2v) is 10.5. The first kappa shape index (κ1) is 34.4. The first-order valence-corrected chi connectivity index (χ1v) is 14.7. The van der Waals surface area contributed by atoms with Gasteiger partial charge >= 0.3 is 11.8 Å². The Bertz CT molecular complexity index is 945. The molecule has 0 aliphatic carbocycles. The van der Waals surface area contributed by atoms with E-state index in [1.54, 1.807) is 0 Å². The minimum Gasteiger partial charge on any atom is -0.364 e. The summed E-state index contributed by atoms with van der Waals surface area (Å²) in [6.07, 6.45) is 17.9. The average molecular weight is 544 g/mol. The maximum Gasteiger partial charge on any atom is 0.309 e. The van der Waals surface area contributed by atoms with E-state index in [1.165, 1.54) is 38.3 Å². The van der Waals surface area contributed by atoms with Gasteiger partial charge in [0, 0.05) is 50.3 Å². The summed E-state index contributed by atoms with van der Waals surface area (Å²) in [6.45, 7) is 16.0. The molecule has 0 aromatic carbocycles. The lowest BCUT2D eigenvalue weighted by molar-refractivity contribution is -0.138. The highest BCUT2D eigenvalue weighted by Gasteiger charge is 2.21. The van der Waals surface area contributed by atoms with Gasteiger partial charge in [0.15, 0.2) is 6.29 Å². The Hall–Kier alpha value is -2.64. The van der Waals surface area contributed by atoms with Gasteiger partial charge in [0.25, 0.3) is 0 Å². The van der Waals surface area contributed by atoms with E-state index in [9.17, 15) is 14.7 Å². The third kappa shape index (κ3) is 12.8. The summed E-state index contributed by atoms with van der Waals surface area (Å²) in [7, 11) is 1.44. The Morgan fingerprint density at radius 3 is 2.44 bits per heavy atom. The average Bonchev–Trinajstić information content (AvgIpc) is 3.33. The summed E-state index contributed by atoms with van der Waals surface area (Å²) in [4.78, 5) is 23.8. The molecule has 0 aliphatic rings. The SMILES string of the molecule is C=CCCCn1cc(/C(=C\C(/C=C(\C)CCCCCC)C(C)C)CCNC(=O)C(=O)NC)c(C(O)OCC)c1. The molecule has 1 heterocycles. The van der Waals surface area contributed by atoms with Crippen molar-refractivity contribution >= 4 is 17.4 Å². The van der Waals surface area contributed by atoms with Crippen LogP contribution in [0, 0.1) is 11.8 Å². The largest absolute Gasteiger partial charge is 0.364 e. The zero-order valence-electron chi connectivity index (χ0n) is 25.2. The van der Waals surface area contributed by atoms with E-state index >= 15 is 0 Å². The van der Waals surface area contributed by atoms with Crippen LogP contribution in [0.4, 0.5) is 0 Å². The number of carbonyl (C=O) groups excluding carboxylic acids is 2. The number of amides is 2. The molecule has 0 aliphatic heterocycles. The third-order valence-electron chi connectivity index (χ3n) is 6.85.